The molecule has 1 unspecified atom stereocenters. The van der Waals surface area contributed by atoms with Crippen molar-refractivity contribution >= 4 is 11.9 Å². The van der Waals surface area contributed by atoms with E-state index in [1.165, 1.54) is 0 Å². The summed E-state index contributed by atoms with van der Waals surface area (Å²) in [6, 6.07) is -0.610. The summed E-state index contributed by atoms with van der Waals surface area (Å²) in [5.74, 6) is 0.0259. The van der Waals surface area contributed by atoms with E-state index in [2.05, 4.69) is 10.5 Å². The quantitative estimate of drug-likeness (QED) is 0.271. The zero-order valence-electron chi connectivity index (χ0n) is 9.53. The van der Waals surface area contributed by atoms with Crippen LogP contribution in [-0.2, 0) is 0 Å². The van der Waals surface area contributed by atoms with E-state index in [4.69, 9.17) is 10.9 Å². The minimum absolute atomic E-state index is 0.0259. The number of rotatable bonds is 5. The van der Waals surface area contributed by atoms with Crippen molar-refractivity contribution in [3.05, 3.63) is 0 Å². The Balaban J connectivity index is 4.36. The van der Waals surface area contributed by atoms with Gasteiger partial charge in [-0.1, -0.05) is 12.1 Å². The first-order valence-corrected chi connectivity index (χ1v) is 5.13. The molecule has 6 nitrogen and oxygen atoms in total. The van der Waals surface area contributed by atoms with Crippen LogP contribution in [0, 0.1) is 0 Å². The van der Waals surface area contributed by atoms with Gasteiger partial charge in [0.2, 0.25) is 0 Å². The van der Waals surface area contributed by atoms with Crippen LogP contribution >= 0.6 is 0 Å². The zero-order chi connectivity index (χ0) is 11.8. The summed E-state index contributed by atoms with van der Waals surface area (Å²) < 4.78 is 0. The normalized spacial score (nSPS) is 13.4. The highest BCUT2D eigenvalue weighted by molar-refractivity contribution is 5.89. The van der Waals surface area contributed by atoms with Crippen LogP contribution < -0.4 is 11.1 Å². The largest absolute Gasteiger partial charge is 0.409 e. The number of amidine groups is 1. The third kappa shape index (κ3) is 4.05. The Bertz CT molecular complexity index is 226. The van der Waals surface area contributed by atoms with E-state index in [0.29, 0.717) is 19.5 Å². The predicted octanol–water partition coefficient (Wildman–Crippen LogP) is 0.563. The van der Waals surface area contributed by atoms with Gasteiger partial charge in [-0.3, -0.25) is 0 Å². The van der Waals surface area contributed by atoms with Gasteiger partial charge in [0.15, 0.2) is 5.84 Å². The molecule has 0 aliphatic carbocycles. The van der Waals surface area contributed by atoms with Crippen molar-refractivity contribution in [3.8, 4) is 0 Å². The van der Waals surface area contributed by atoms with Gasteiger partial charge in [0.25, 0.3) is 0 Å². The minimum Gasteiger partial charge on any atom is -0.409 e. The molecule has 0 rings (SSSR count). The van der Waals surface area contributed by atoms with Crippen LogP contribution in [0.5, 0.6) is 0 Å². The fourth-order valence-electron chi connectivity index (χ4n) is 1.21. The molecular weight excluding hydrogens is 196 g/mol. The van der Waals surface area contributed by atoms with E-state index in [0.717, 1.165) is 0 Å². The number of urea groups is 1. The van der Waals surface area contributed by atoms with Crippen molar-refractivity contribution in [2.75, 3.05) is 13.1 Å². The smallest absolute Gasteiger partial charge is 0.317 e. The zero-order valence-corrected chi connectivity index (χ0v) is 9.53. The number of amides is 2. The number of nitrogens with two attached hydrogens (primary N) is 1. The first kappa shape index (κ1) is 13.5. The molecule has 4 N–H and O–H groups in total. The van der Waals surface area contributed by atoms with Crippen molar-refractivity contribution in [1.29, 1.82) is 0 Å². The summed E-state index contributed by atoms with van der Waals surface area (Å²) in [4.78, 5) is 13.2. The standard InChI is InChI=1S/C9H20N4O2/c1-4-7(8(10)12-15)11-9(14)13(5-2)6-3/h7,15H,4-6H2,1-3H3,(H2,10,12)(H,11,14). The molecule has 0 radical (unpaired) electrons. The second-order valence-electron chi connectivity index (χ2n) is 3.11. The molecule has 0 aliphatic heterocycles. The molecule has 0 aromatic carbocycles. The highest BCUT2D eigenvalue weighted by Crippen LogP contribution is 1.95. The molecule has 0 aromatic heterocycles. The van der Waals surface area contributed by atoms with Crippen molar-refractivity contribution in [1.82, 2.24) is 10.2 Å². The monoisotopic (exact) mass is 216 g/mol. The van der Waals surface area contributed by atoms with Crippen LogP contribution in [-0.4, -0.2) is 41.1 Å². The van der Waals surface area contributed by atoms with Gasteiger partial charge in [-0.25, -0.2) is 4.79 Å². The Morgan fingerprint density at radius 2 is 2.00 bits per heavy atom. The number of nitrogens with zero attached hydrogens (tertiary/aromatic N) is 2. The van der Waals surface area contributed by atoms with Crippen LogP contribution in [0.2, 0.25) is 0 Å². The fourth-order valence-corrected chi connectivity index (χ4v) is 1.21. The van der Waals surface area contributed by atoms with Crippen LogP contribution in [0.15, 0.2) is 5.16 Å². The molecule has 0 saturated carbocycles. The van der Waals surface area contributed by atoms with E-state index < -0.39 is 6.04 Å². The molecule has 0 spiro atoms. The molecule has 1 atom stereocenters. The third-order valence-corrected chi connectivity index (χ3v) is 2.23. The molecule has 0 fully saturated rings. The lowest BCUT2D eigenvalue weighted by Gasteiger charge is -2.23. The highest BCUT2D eigenvalue weighted by atomic mass is 16.4. The Labute approximate surface area is 90.1 Å². The Morgan fingerprint density at radius 3 is 2.33 bits per heavy atom. The van der Waals surface area contributed by atoms with E-state index in [-0.39, 0.29) is 11.9 Å². The lowest BCUT2D eigenvalue weighted by Crippen LogP contribution is -2.49. The maximum atomic E-state index is 11.6. The molecular formula is C9H20N4O2. The molecule has 0 saturated heterocycles. The van der Waals surface area contributed by atoms with E-state index >= 15 is 0 Å². The lowest BCUT2D eigenvalue weighted by molar-refractivity contribution is 0.201. The van der Waals surface area contributed by atoms with Crippen LogP contribution in [0.1, 0.15) is 27.2 Å². The SMILES string of the molecule is CCC(NC(=O)N(CC)CC)C(N)=NO. The van der Waals surface area contributed by atoms with Gasteiger partial charge in [-0.15, -0.1) is 0 Å². The molecule has 0 aromatic rings. The van der Waals surface area contributed by atoms with Gasteiger partial charge < -0.3 is 21.2 Å². The molecule has 0 aliphatic rings. The molecule has 2 amide bonds. The van der Waals surface area contributed by atoms with Gasteiger partial charge in [0.05, 0.1) is 6.04 Å². The number of hydrogen-bond donors (Lipinski definition) is 3. The van der Waals surface area contributed by atoms with Crippen LogP contribution in [0.3, 0.4) is 0 Å². The van der Waals surface area contributed by atoms with E-state index in [1.54, 1.807) is 4.90 Å². The predicted molar refractivity (Wildman–Crippen MR) is 58.9 cm³/mol. The highest BCUT2D eigenvalue weighted by Gasteiger charge is 2.17. The summed E-state index contributed by atoms with van der Waals surface area (Å²) in [5.41, 5.74) is 5.43. The van der Waals surface area contributed by atoms with Crippen LogP contribution in [0.4, 0.5) is 4.79 Å². The van der Waals surface area contributed by atoms with Crippen molar-refractivity contribution in [3.63, 3.8) is 0 Å². The topological polar surface area (TPSA) is 91.0 Å². The van der Waals surface area contributed by atoms with Gasteiger partial charge in [0.1, 0.15) is 0 Å². The number of oxime groups is 1. The summed E-state index contributed by atoms with van der Waals surface area (Å²) >= 11 is 0. The Hall–Kier alpha value is -1.46. The third-order valence-electron chi connectivity index (χ3n) is 2.23. The molecule has 0 bridgehead atoms. The molecule has 6 heteroatoms. The Kier molecular flexibility index (Phi) is 6.24. The number of carbonyl (C=O) groups is 1. The second kappa shape index (κ2) is 6.92. The first-order valence-electron chi connectivity index (χ1n) is 5.13. The maximum absolute atomic E-state index is 11.6. The summed E-state index contributed by atoms with van der Waals surface area (Å²) in [5, 5.41) is 14.1. The summed E-state index contributed by atoms with van der Waals surface area (Å²) in [6.45, 7) is 6.91. The van der Waals surface area contributed by atoms with Gasteiger partial charge >= 0.3 is 6.03 Å². The summed E-state index contributed by atoms with van der Waals surface area (Å²) in [7, 11) is 0. The molecule has 0 heterocycles. The van der Waals surface area contributed by atoms with Gasteiger partial charge in [-0.2, -0.15) is 0 Å². The van der Waals surface area contributed by atoms with Gasteiger partial charge in [0, 0.05) is 13.1 Å². The maximum Gasteiger partial charge on any atom is 0.317 e. The number of nitrogens with one attached hydrogen (secondary N) is 1. The average molecular weight is 216 g/mol. The van der Waals surface area contributed by atoms with Crippen molar-refractivity contribution in [2.45, 2.75) is 33.2 Å². The summed E-state index contributed by atoms with van der Waals surface area (Å²) in [6.07, 6.45) is 0.586. The van der Waals surface area contributed by atoms with E-state index in [9.17, 15) is 4.79 Å². The van der Waals surface area contributed by atoms with Crippen molar-refractivity contribution < 1.29 is 10.0 Å². The Morgan fingerprint density at radius 1 is 1.47 bits per heavy atom. The lowest BCUT2D eigenvalue weighted by atomic mass is 10.2. The average Bonchev–Trinajstić information content (AvgIpc) is 2.26. The first-order chi connectivity index (χ1) is 7.10. The molecule has 15 heavy (non-hydrogen) atoms. The number of hydrogen-bond acceptors (Lipinski definition) is 3. The van der Waals surface area contributed by atoms with Gasteiger partial charge in [-0.05, 0) is 20.3 Å². The second-order valence-corrected chi connectivity index (χ2v) is 3.11. The van der Waals surface area contributed by atoms with E-state index in [1.807, 2.05) is 20.8 Å². The number of carbonyl (C=O) groups excluding carboxylic acids is 1. The fraction of sp³-hybridized carbons (Fsp3) is 0.778. The van der Waals surface area contributed by atoms with Crippen LogP contribution in [0.25, 0.3) is 0 Å². The molecule has 88 valence electrons. The minimum atomic E-state index is -0.414. The van der Waals surface area contributed by atoms with Crippen molar-refractivity contribution in [2.24, 2.45) is 10.9 Å².